The Morgan fingerprint density at radius 2 is 1.70 bits per heavy atom. The minimum atomic E-state index is -0.772. The molecule has 162 valence electrons. The number of benzene rings is 2. The normalized spacial score (nSPS) is 19.2. The highest BCUT2D eigenvalue weighted by atomic mass is 16.7. The summed E-state index contributed by atoms with van der Waals surface area (Å²) in [5.41, 5.74) is 2.74. The van der Waals surface area contributed by atoms with Crippen LogP contribution in [0.2, 0.25) is 0 Å². The fourth-order valence-electron chi connectivity index (χ4n) is 3.83. The molecule has 0 unspecified atom stereocenters. The average Bonchev–Trinajstić information content (AvgIpc) is 3.15. The fourth-order valence-corrected chi connectivity index (χ4v) is 3.83. The fraction of sp³-hybridized carbons (Fsp3) is 0.409. The lowest BCUT2D eigenvalue weighted by atomic mass is 9.89. The third-order valence-corrected chi connectivity index (χ3v) is 5.30. The van der Waals surface area contributed by atoms with Crippen LogP contribution in [0.1, 0.15) is 28.4 Å². The summed E-state index contributed by atoms with van der Waals surface area (Å²) in [5.74, 6) is -0.442. The van der Waals surface area contributed by atoms with Gasteiger partial charge in [-0.25, -0.2) is 0 Å². The maximum atomic E-state index is 12.1. The topological polar surface area (TPSA) is 128 Å². The van der Waals surface area contributed by atoms with Gasteiger partial charge in [0, 0.05) is 30.7 Å². The van der Waals surface area contributed by atoms with Crippen LogP contribution in [0.25, 0.3) is 11.1 Å². The molecule has 2 aromatic rings. The van der Waals surface area contributed by atoms with Crippen molar-refractivity contribution in [1.29, 1.82) is 0 Å². The highest BCUT2D eigenvalue weighted by Gasteiger charge is 2.36. The lowest BCUT2D eigenvalue weighted by Crippen LogP contribution is -2.29. The van der Waals surface area contributed by atoms with Crippen LogP contribution in [0.5, 0.6) is 11.5 Å². The lowest BCUT2D eigenvalue weighted by molar-refractivity contribution is -0.0725. The molecule has 8 heteroatoms. The zero-order chi connectivity index (χ0) is 21.8. The summed E-state index contributed by atoms with van der Waals surface area (Å²) < 4.78 is 11.4. The van der Waals surface area contributed by atoms with Gasteiger partial charge in [-0.2, -0.15) is 0 Å². The van der Waals surface area contributed by atoms with Crippen molar-refractivity contribution in [1.82, 2.24) is 5.32 Å². The van der Waals surface area contributed by atoms with Crippen molar-refractivity contribution < 1.29 is 34.7 Å². The summed E-state index contributed by atoms with van der Waals surface area (Å²) in [4.78, 5) is 12.1. The molecule has 0 bridgehead atoms. The molecule has 3 rings (SSSR count). The van der Waals surface area contributed by atoms with Gasteiger partial charge in [-0.1, -0.05) is 19.1 Å². The minimum Gasteiger partial charge on any atom is -0.508 e. The molecule has 0 aromatic heterocycles. The van der Waals surface area contributed by atoms with Crippen molar-refractivity contribution in [3.63, 3.8) is 0 Å². The Morgan fingerprint density at radius 1 is 1.03 bits per heavy atom. The van der Waals surface area contributed by atoms with Crippen LogP contribution < -0.4 is 5.32 Å². The van der Waals surface area contributed by atoms with E-state index in [1.165, 1.54) is 13.1 Å². The summed E-state index contributed by atoms with van der Waals surface area (Å²) >= 11 is 0. The number of hydrogen-bond acceptors (Lipinski definition) is 7. The molecule has 1 fully saturated rings. The van der Waals surface area contributed by atoms with Crippen molar-refractivity contribution in [2.45, 2.75) is 38.3 Å². The highest BCUT2D eigenvalue weighted by molar-refractivity contribution is 5.95. The Labute approximate surface area is 174 Å². The Kier molecular flexibility index (Phi) is 6.94. The molecule has 30 heavy (non-hydrogen) atoms. The molecule has 0 radical (unpaired) electrons. The summed E-state index contributed by atoms with van der Waals surface area (Å²) in [6.45, 7) is 1.28. The van der Waals surface area contributed by atoms with E-state index in [0.29, 0.717) is 34.2 Å². The number of aliphatic hydroxyl groups excluding tert-OH is 2. The van der Waals surface area contributed by atoms with Gasteiger partial charge in [-0.05, 0) is 35.2 Å². The molecule has 1 amide bonds. The number of carbonyl (C=O) groups excluding carboxylic acids is 1. The molecular weight excluding hydrogens is 390 g/mol. The number of aliphatic hydroxyl groups is 2. The average molecular weight is 417 g/mol. The number of carbonyl (C=O) groups is 1. The van der Waals surface area contributed by atoms with E-state index in [2.05, 4.69) is 5.32 Å². The standard InChI is InChI=1S/C22H27NO7/c1-3-14-15(8-20-29-18(10-24)19(11-25)30-20)21(17(27)9-16(14)26)12-5-4-6-13(7-12)22(28)23-2/h4-7,9,18-20,24-27H,3,8,10-11H2,1-2H3,(H,23,28)/t18-,19-/m0/s1. The van der Waals surface area contributed by atoms with Crippen LogP contribution >= 0.6 is 0 Å². The van der Waals surface area contributed by atoms with Crippen LogP contribution in [-0.2, 0) is 22.3 Å². The van der Waals surface area contributed by atoms with Crippen molar-refractivity contribution >= 4 is 5.91 Å². The first-order valence-corrected chi connectivity index (χ1v) is 9.85. The summed E-state index contributed by atoms with van der Waals surface area (Å²) in [6.07, 6.45) is -1.42. The number of hydrogen-bond donors (Lipinski definition) is 5. The molecule has 0 saturated carbocycles. The van der Waals surface area contributed by atoms with Gasteiger partial charge in [0.2, 0.25) is 0 Å². The maximum Gasteiger partial charge on any atom is 0.251 e. The molecule has 1 saturated heterocycles. The molecule has 0 aliphatic carbocycles. The van der Waals surface area contributed by atoms with Crippen molar-refractivity contribution in [3.05, 3.63) is 47.0 Å². The number of phenolic OH excluding ortho intramolecular Hbond substituents is 2. The first-order chi connectivity index (χ1) is 14.4. The third-order valence-electron chi connectivity index (χ3n) is 5.30. The zero-order valence-electron chi connectivity index (χ0n) is 17.0. The van der Waals surface area contributed by atoms with Crippen LogP contribution in [0.3, 0.4) is 0 Å². The van der Waals surface area contributed by atoms with E-state index in [-0.39, 0.29) is 37.0 Å². The Balaban J connectivity index is 2.07. The summed E-state index contributed by atoms with van der Waals surface area (Å²) in [6, 6.07) is 8.10. The number of aromatic hydroxyl groups is 2. The second kappa shape index (κ2) is 9.44. The van der Waals surface area contributed by atoms with E-state index in [1.807, 2.05) is 6.92 Å². The summed E-state index contributed by atoms with van der Waals surface area (Å²) in [7, 11) is 1.54. The number of nitrogens with one attached hydrogen (secondary N) is 1. The van der Waals surface area contributed by atoms with Gasteiger partial charge < -0.3 is 35.2 Å². The lowest BCUT2D eigenvalue weighted by Gasteiger charge is -2.20. The molecule has 1 aliphatic rings. The van der Waals surface area contributed by atoms with E-state index >= 15 is 0 Å². The Bertz CT molecular complexity index is 903. The van der Waals surface area contributed by atoms with E-state index < -0.39 is 18.5 Å². The first kappa shape index (κ1) is 22.0. The molecular formula is C22H27NO7. The van der Waals surface area contributed by atoms with Gasteiger partial charge in [0.1, 0.15) is 23.7 Å². The molecule has 1 aliphatic heterocycles. The molecule has 8 nitrogen and oxygen atoms in total. The number of rotatable bonds is 7. The quantitative estimate of drug-likeness (QED) is 0.460. The van der Waals surface area contributed by atoms with E-state index in [4.69, 9.17) is 9.47 Å². The van der Waals surface area contributed by atoms with Crippen LogP contribution in [-0.4, -0.2) is 65.1 Å². The molecule has 5 N–H and O–H groups in total. The van der Waals surface area contributed by atoms with Gasteiger partial charge in [0.25, 0.3) is 5.91 Å². The predicted molar refractivity (Wildman–Crippen MR) is 109 cm³/mol. The Hall–Kier alpha value is -2.65. The number of phenols is 2. The monoisotopic (exact) mass is 417 g/mol. The number of amides is 1. The highest BCUT2D eigenvalue weighted by Crippen LogP contribution is 2.41. The molecule has 1 heterocycles. The van der Waals surface area contributed by atoms with Gasteiger partial charge >= 0.3 is 0 Å². The first-order valence-electron chi connectivity index (χ1n) is 9.85. The van der Waals surface area contributed by atoms with Crippen molar-refractivity contribution in [2.24, 2.45) is 0 Å². The molecule has 2 aromatic carbocycles. The summed E-state index contributed by atoms with van der Waals surface area (Å²) in [5, 5.41) is 42.6. The minimum absolute atomic E-state index is 0.0494. The predicted octanol–water partition coefficient (Wildman–Crippen LogP) is 1.32. The van der Waals surface area contributed by atoms with Crippen LogP contribution in [0.4, 0.5) is 0 Å². The van der Waals surface area contributed by atoms with Gasteiger partial charge in [0.15, 0.2) is 6.29 Å². The van der Waals surface area contributed by atoms with Crippen LogP contribution in [0, 0.1) is 0 Å². The SMILES string of the molecule is CCc1c(O)cc(O)c(-c2cccc(C(=O)NC)c2)c1CC1O[C@@H](CO)[C@H](CO)O1. The van der Waals surface area contributed by atoms with Crippen LogP contribution in [0.15, 0.2) is 30.3 Å². The van der Waals surface area contributed by atoms with E-state index in [9.17, 15) is 25.2 Å². The zero-order valence-corrected chi connectivity index (χ0v) is 17.0. The molecule has 0 spiro atoms. The smallest absolute Gasteiger partial charge is 0.251 e. The van der Waals surface area contributed by atoms with Gasteiger partial charge in [0.05, 0.1) is 13.2 Å². The third kappa shape index (κ3) is 4.27. The van der Waals surface area contributed by atoms with E-state index in [1.54, 1.807) is 24.3 Å². The van der Waals surface area contributed by atoms with Gasteiger partial charge in [-0.15, -0.1) is 0 Å². The largest absolute Gasteiger partial charge is 0.508 e. The van der Waals surface area contributed by atoms with E-state index in [0.717, 1.165) is 0 Å². The second-order valence-corrected chi connectivity index (χ2v) is 7.11. The van der Waals surface area contributed by atoms with Crippen molar-refractivity contribution in [3.8, 4) is 22.6 Å². The van der Waals surface area contributed by atoms with Crippen molar-refractivity contribution in [2.75, 3.05) is 20.3 Å². The Morgan fingerprint density at radius 3 is 2.27 bits per heavy atom. The molecule has 2 atom stereocenters. The van der Waals surface area contributed by atoms with Gasteiger partial charge in [-0.3, -0.25) is 4.79 Å². The number of ether oxygens (including phenoxy) is 2. The second-order valence-electron chi connectivity index (χ2n) is 7.11. The maximum absolute atomic E-state index is 12.1.